The first-order valence-corrected chi connectivity index (χ1v) is 13.6. The molecule has 206 valence electrons. The zero-order chi connectivity index (χ0) is 26.8. The number of carbonyl (C=O) groups excluding carboxylic acids is 2. The molecule has 1 N–H and O–H groups in total. The average Bonchev–Trinajstić information content (AvgIpc) is 3.33. The average molecular weight is 517 g/mol. The van der Waals surface area contributed by atoms with E-state index in [1.54, 1.807) is 23.2 Å². The maximum absolute atomic E-state index is 13.2. The molecule has 1 unspecified atom stereocenters. The van der Waals surface area contributed by atoms with E-state index in [0.29, 0.717) is 18.3 Å². The van der Waals surface area contributed by atoms with E-state index in [-0.39, 0.29) is 18.0 Å². The Kier molecular flexibility index (Phi) is 10.9. The molecule has 37 heavy (non-hydrogen) atoms. The molecule has 0 spiro atoms. The number of aromatic nitrogens is 1. The molecule has 2 amide bonds. The summed E-state index contributed by atoms with van der Waals surface area (Å²) in [5.74, 6) is 0.830. The predicted octanol–water partition coefficient (Wildman–Crippen LogP) is 4.92. The Labute approximate surface area is 221 Å². The number of hydroxylamine groups is 1. The molecule has 1 aromatic rings. The fraction of sp³-hybridized carbons (Fsp3) is 0.679. The van der Waals surface area contributed by atoms with Crippen LogP contribution in [0, 0.1) is 5.92 Å². The van der Waals surface area contributed by atoms with Crippen LogP contribution in [0.1, 0.15) is 78.7 Å². The fourth-order valence-electron chi connectivity index (χ4n) is 4.61. The van der Waals surface area contributed by atoms with Gasteiger partial charge in [0, 0.05) is 44.9 Å². The summed E-state index contributed by atoms with van der Waals surface area (Å²) in [7, 11) is 0. The third kappa shape index (κ3) is 9.39. The normalized spacial score (nSPS) is 20.9. The third-order valence-corrected chi connectivity index (χ3v) is 6.75. The van der Waals surface area contributed by atoms with E-state index in [1.165, 1.54) is 6.08 Å². The quantitative estimate of drug-likeness (QED) is 0.348. The van der Waals surface area contributed by atoms with Crippen molar-refractivity contribution in [1.29, 1.82) is 0 Å². The molecular weight excluding hydrogens is 472 g/mol. The first kappa shape index (κ1) is 29.1. The molecule has 9 nitrogen and oxygen atoms in total. The Bertz CT molecular complexity index is 889. The fourth-order valence-corrected chi connectivity index (χ4v) is 4.61. The first-order chi connectivity index (χ1) is 17.7. The van der Waals surface area contributed by atoms with Gasteiger partial charge in [0.1, 0.15) is 11.4 Å². The molecule has 3 heterocycles. The van der Waals surface area contributed by atoms with Crippen molar-refractivity contribution in [1.82, 2.24) is 15.4 Å². The minimum Gasteiger partial charge on any atom is -0.443 e. The van der Waals surface area contributed by atoms with Crippen molar-refractivity contribution in [2.45, 2.75) is 91.1 Å². The Balaban J connectivity index is 1.64. The zero-order valence-electron chi connectivity index (χ0n) is 23.1. The van der Waals surface area contributed by atoms with Gasteiger partial charge in [-0.3, -0.25) is 9.69 Å². The number of rotatable bonds is 10. The number of carbonyl (C=O) groups is 2. The minimum atomic E-state index is -0.607. The Morgan fingerprint density at radius 1 is 1.24 bits per heavy atom. The maximum atomic E-state index is 13.2. The van der Waals surface area contributed by atoms with Crippen LogP contribution in [0.15, 0.2) is 24.4 Å². The van der Waals surface area contributed by atoms with Crippen LogP contribution in [0.4, 0.5) is 10.6 Å². The Hall–Kier alpha value is -2.49. The molecule has 0 bridgehead atoms. The smallest absolute Gasteiger partial charge is 0.416 e. The van der Waals surface area contributed by atoms with Crippen LogP contribution in [0.3, 0.4) is 0 Å². The zero-order valence-corrected chi connectivity index (χ0v) is 23.1. The van der Waals surface area contributed by atoms with Crippen LogP contribution >= 0.6 is 0 Å². The van der Waals surface area contributed by atoms with Crippen LogP contribution in [0.25, 0.3) is 6.08 Å². The van der Waals surface area contributed by atoms with Crippen molar-refractivity contribution in [3.8, 4) is 0 Å². The molecule has 3 rings (SSSR count). The monoisotopic (exact) mass is 516 g/mol. The van der Waals surface area contributed by atoms with Gasteiger partial charge in [0.15, 0.2) is 6.29 Å². The molecule has 9 heteroatoms. The lowest BCUT2D eigenvalue weighted by molar-refractivity contribution is -0.198. The van der Waals surface area contributed by atoms with Gasteiger partial charge in [-0.05, 0) is 69.7 Å². The highest BCUT2D eigenvalue weighted by Gasteiger charge is 2.35. The maximum Gasteiger partial charge on any atom is 0.416 e. The number of hydrogen-bond acceptors (Lipinski definition) is 7. The van der Waals surface area contributed by atoms with Gasteiger partial charge in [0.25, 0.3) is 5.91 Å². The number of pyridine rings is 1. The van der Waals surface area contributed by atoms with Crippen LogP contribution < -0.4 is 10.4 Å². The lowest BCUT2D eigenvalue weighted by atomic mass is 10.0. The number of amides is 2. The number of anilines is 1. The summed E-state index contributed by atoms with van der Waals surface area (Å²) in [6, 6.07) is 3.63. The van der Waals surface area contributed by atoms with E-state index in [4.69, 9.17) is 14.3 Å². The van der Waals surface area contributed by atoms with Gasteiger partial charge in [0.05, 0.1) is 6.04 Å². The van der Waals surface area contributed by atoms with E-state index in [0.717, 1.165) is 63.7 Å². The van der Waals surface area contributed by atoms with E-state index in [1.807, 2.05) is 26.8 Å². The van der Waals surface area contributed by atoms with E-state index in [9.17, 15) is 9.59 Å². The summed E-state index contributed by atoms with van der Waals surface area (Å²) in [4.78, 5) is 39.3. The summed E-state index contributed by atoms with van der Waals surface area (Å²) in [5.41, 5.74) is 2.53. The molecule has 0 saturated carbocycles. The van der Waals surface area contributed by atoms with E-state index < -0.39 is 11.9 Å². The van der Waals surface area contributed by atoms with Crippen LogP contribution in [0.5, 0.6) is 0 Å². The van der Waals surface area contributed by atoms with Gasteiger partial charge in [-0.15, -0.1) is 0 Å². The third-order valence-electron chi connectivity index (χ3n) is 6.75. The number of hydrogen-bond donors (Lipinski definition) is 1. The topological polar surface area (TPSA) is 93.2 Å². The van der Waals surface area contributed by atoms with Crippen molar-refractivity contribution in [3.05, 3.63) is 30.0 Å². The summed E-state index contributed by atoms with van der Waals surface area (Å²) in [6.45, 7) is 13.5. The Morgan fingerprint density at radius 2 is 2.03 bits per heavy atom. The molecule has 2 atom stereocenters. The van der Waals surface area contributed by atoms with Crippen LogP contribution in [-0.2, 0) is 19.1 Å². The Morgan fingerprint density at radius 3 is 2.65 bits per heavy atom. The second-order valence-electron chi connectivity index (χ2n) is 10.9. The molecule has 2 aliphatic heterocycles. The molecule has 0 radical (unpaired) electrons. The number of nitrogens with zero attached hydrogens (tertiary/aromatic N) is 3. The van der Waals surface area contributed by atoms with Crippen molar-refractivity contribution in [2.24, 2.45) is 5.92 Å². The van der Waals surface area contributed by atoms with Crippen LogP contribution in [-0.4, -0.2) is 66.1 Å². The SMILES string of the molecule is CCC(CC)CN1CC[C@@H](N(C(=O)OC(C)(C)C)c2ccc(/C=C/C(=O)NOC3CCCCO3)cn2)C1. The van der Waals surface area contributed by atoms with Crippen molar-refractivity contribution >= 4 is 23.9 Å². The standard InChI is InChI=1S/C28H44N4O5/c1-6-21(7-2)19-31-16-15-23(20-31)32(27(34)36-28(3,4)5)24-13-11-22(18-29-24)12-14-25(33)30-37-26-10-8-9-17-35-26/h11-14,18,21,23,26H,6-10,15-17,19-20H2,1-5H3,(H,30,33)/b14-12+/t23-,26?/m1/s1. The summed E-state index contributed by atoms with van der Waals surface area (Å²) in [5, 5.41) is 0. The highest BCUT2D eigenvalue weighted by atomic mass is 16.8. The molecular formula is C28H44N4O5. The predicted molar refractivity (Wildman–Crippen MR) is 144 cm³/mol. The second-order valence-corrected chi connectivity index (χ2v) is 10.9. The summed E-state index contributed by atoms with van der Waals surface area (Å²) < 4.78 is 11.2. The van der Waals surface area contributed by atoms with Gasteiger partial charge in [-0.1, -0.05) is 26.7 Å². The molecule has 0 aliphatic carbocycles. The lowest BCUT2D eigenvalue weighted by Crippen LogP contribution is -2.45. The van der Waals surface area contributed by atoms with E-state index >= 15 is 0 Å². The van der Waals surface area contributed by atoms with Crippen molar-refractivity contribution in [2.75, 3.05) is 31.1 Å². The molecule has 1 aromatic heterocycles. The lowest BCUT2D eigenvalue weighted by Gasteiger charge is -2.31. The van der Waals surface area contributed by atoms with Gasteiger partial charge in [0.2, 0.25) is 0 Å². The second kappa shape index (κ2) is 13.9. The number of likely N-dealkylation sites (tertiary alicyclic amines) is 1. The van der Waals surface area contributed by atoms with Gasteiger partial charge < -0.3 is 14.4 Å². The van der Waals surface area contributed by atoms with Crippen LogP contribution in [0.2, 0.25) is 0 Å². The van der Waals surface area contributed by atoms with Gasteiger partial charge >= 0.3 is 6.09 Å². The highest BCUT2D eigenvalue weighted by molar-refractivity contribution is 5.91. The number of ether oxygens (including phenoxy) is 2. The summed E-state index contributed by atoms with van der Waals surface area (Å²) >= 11 is 0. The largest absolute Gasteiger partial charge is 0.443 e. The minimum absolute atomic E-state index is 0.0111. The molecule has 2 saturated heterocycles. The molecule has 2 fully saturated rings. The van der Waals surface area contributed by atoms with Crippen molar-refractivity contribution < 1.29 is 23.9 Å². The number of nitrogens with one attached hydrogen (secondary N) is 1. The molecule has 2 aliphatic rings. The van der Waals surface area contributed by atoms with E-state index in [2.05, 4.69) is 29.2 Å². The van der Waals surface area contributed by atoms with Crippen molar-refractivity contribution in [3.63, 3.8) is 0 Å². The summed E-state index contributed by atoms with van der Waals surface area (Å²) in [6.07, 6.45) is 9.88. The highest BCUT2D eigenvalue weighted by Crippen LogP contribution is 2.26. The van der Waals surface area contributed by atoms with Gasteiger partial charge in [-0.25, -0.2) is 20.1 Å². The first-order valence-electron chi connectivity index (χ1n) is 13.6. The van der Waals surface area contributed by atoms with Gasteiger partial charge in [-0.2, -0.15) is 0 Å². The molecule has 0 aromatic carbocycles.